The molecule has 19 heavy (non-hydrogen) atoms. The largest absolute Gasteiger partial charge is 0.389 e. The fourth-order valence-electron chi connectivity index (χ4n) is 2.32. The maximum Gasteiger partial charge on any atom is 0.0957 e. The molecule has 1 nitrogen and oxygen atoms in total. The molecule has 0 fully saturated rings. The third-order valence-electron chi connectivity index (χ3n) is 4.72. The van der Waals surface area contributed by atoms with E-state index in [9.17, 15) is 5.11 Å². The molecule has 0 radical (unpaired) electrons. The van der Waals surface area contributed by atoms with Crippen molar-refractivity contribution < 1.29 is 5.11 Å². The summed E-state index contributed by atoms with van der Waals surface area (Å²) in [6, 6.07) is 10.3. The summed E-state index contributed by atoms with van der Waals surface area (Å²) in [6.45, 7) is 13.3. The van der Waals surface area contributed by atoms with Crippen LogP contribution >= 0.6 is 0 Å². The molecule has 1 N–H and O–H groups in total. The van der Waals surface area contributed by atoms with E-state index in [-0.39, 0.29) is 5.04 Å². The van der Waals surface area contributed by atoms with E-state index in [1.807, 2.05) is 37.3 Å². The van der Waals surface area contributed by atoms with Gasteiger partial charge in [-0.2, -0.15) is 0 Å². The molecular weight excluding hydrogens is 248 g/mol. The maximum absolute atomic E-state index is 11.3. The summed E-state index contributed by atoms with van der Waals surface area (Å²) in [5.41, 5.74) is 1.20. The van der Waals surface area contributed by atoms with Crippen LogP contribution in [0.3, 0.4) is 0 Å². The molecule has 1 aromatic rings. The van der Waals surface area contributed by atoms with Crippen LogP contribution < -0.4 is 0 Å². The SMILES string of the molecule is C/C=C/[C@](O)(Cc1ccccc1)[Si](C)(C)C(C)(C)C. The molecule has 0 saturated heterocycles. The van der Waals surface area contributed by atoms with E-state index in [0.717, 1.165) is 0 Å². The Hall–Kier alpha value is -0.863. The zero-order chi connectivity index (χ0) is 14.7. The van der Waals surface area contributed by atoms with E-state index in [1.54, 1.807) is 0 Å². The first kappa shape index (κ1) is 16.2. The topological polar surface area (TPSA) is 20.2 Å². The van der Waals surface area contributed by atoms with Crippen molar-refractivity contribution in [3.05, 3.63) is 48.0 Å². The number of hydrogen-bond donors (Lipinski definition) is 1. The molecule has 0 heterocycles. The van der Waals surface area contributed by atoms with E-state index < -0.39 is 13.3 Å². The summed E-state index contributed by atoms with van der Waals surface area (Å²) < 4.78 is 0. The highest BCUT2D eigenvalue weighted by Gasteiger charge is 2.50. The lowest BCUT2D eigenvalue weighted by Gasteiger charge is -2.48. The van der Waals surface area contributed by atoms with Crippen LogP contribution in [0.1, 0.15) is 33.3 Å². The van der Waals surface area contributed by atoms with E-state index in [1.165, 1.54) is 5.56 Å². The molecule has 0 unspecified atom stereocenters. The average molecular weight is 276 g/mol. The lowest BCUT2D eigenvalue weighted by atomic mass is 10.1. The third kappa shape index (κ3) is 3.37. The number of allylic oxidation sites excluding steroid dienone is 1. The molecule has 1 aromatic carbocycles. The van der Waals surface area contributed by atoms with Crippen molar-refractivity contribution in [1.29, 1.82) is 0 Å². The quantitative estimate of drug-likeness (QED) is 0.630. The van der Waals surface area contributed by atoms with Crippen LogP contribution in [0.5, 0.6) is 0 Å². The molecule has 0 aliphatic heterocycles. The molecule has 106 valence electrons. The van der Waals surface area contributed by atoms with Crippen molar-refractivity contribution in [3.63, 3.8) is 0 Å². The van der Waals surface area contributed by atoms with E-state index in [2.05, 4.69) is 46.0 Å². The van der Waals surface area contributed by atoms with Gasteiger partial charge in [-0.05, 0) is 17.5 Å². The highest BCUT2D eigenvalue weighted by molar-refractivity contribution is 6.83. The lowest BCUT2D eigenvalue weighted by molar-refractivity contribution is 0.160. The van der Waals surface area contributed by atoms with Crippen molar-refractivity contribution in [1.82, 2.24) is 0 Å². The summed E-state index contributed by atoms with van der Waals surface area (Å²) >= 11 is 0. The van der Waals surface area contributed by atoms with Crippen LogP contribution in [0.4, 0.5) is 0 Å². The van der Waals surface area contributed by atoms with Crippen molar-refractivity contribution in [3.8, 4) is 0 Å². The Morgan fingerprint density at radius 3 is 2.05 bits per heavy atom. The Labute approximate surface area is 119 Å². The first-order valence-corrected chi connectivity index (χ1v) is 10.0. The first-order valence-electron chi connectivity index (χ1n) is 7.04. The Morgan fingerprint density at radius 1 is 1.11 bits per heavy atom. The Kier molecular flexibility index (Phi) is 4.80. The second-order valence-corrected chi connectivity index (χ2v) is 12.6. The predicted molar refractivity (Wildman–Crippen MR) is 87.1 cm³/mol. The van der Waals surface area contributed by atoms with Crippen LogP contribution in [0.15, 0.2) is 42.5 Å². The van der Waals surface area contributed by atoms with Crippen LogP contribution in [0.2, 0.25) is 18.1 Å². The standard InChI is InChI=1S/C17H28OSi/c1-7-13-17(18,19(5,6)16(2,3)4)14-15-11-9-8-10-12-15/h7-13,18H,14H2,1-6H3/b13-7+/t17-/m1/s1. The Morgan fingerprint density at radius 2 is 1.63 bits per heavy atom. The maximum atomic E-state index is 11.3. The summed E-state index contributed by atoms with van der Waals surface area (Å²) in [6.07, 6.45) is 4.70. The first-order chi connectivity index (χ1) is 8.64. The zero-order valence-corrected chi connectivity index (χ0v) is 14.2. The van der Waals surface area contributed by atoms with Crippen molar-refractivity contribution >= 4 is 8.07 Å². The van der Waals surface area contributed by atoms with Crippen molar-refractivity contribution in [2.75, 3.05) is 0 Å². The van der Waals surface area contributed by atoms with Gasteiger partial charge in [0.2, 0.25) is 0 Å². The molecule has 0 aromatic heterocycles. The molecule has 1 rings (SSSR count). The van der Waals surface area contributed by atoms with Gasteiger partial charge in [-0.1, -0.05) is 76.3 Å². The monoisotopic (exact) mass is 276 g/mol. The van der Waals surface area contributed by atoms with Gasteiger partial charge in [0.15, 0.2) is 0 Å². The number of hydrogen-bond acceptors (Lipinski definition) is 1. The molecule has 0 bridgehead atoms. The minimum absolute atomic E-state index is 0.149. The van der Waals surface area contributed by atoms with Crippen LogP contribution in [-0.2, 0) is 6.42 Å². The summed E-state index contributed by atoms with van der Waals surface area (Å²) in [4.78, 5) is 0. The Balaban J connectivity index is 3.18. The molecular formula is C17H28OSi. The van der Waals surface area contributed by atoms with E-state index in [4.69, 9.17) is 0 Å². The number of benzene rings is 1. The number of aliphatic hydroxyl groups is 1. The van der Waals surface area contributed by atoms with Crippen LogP contribution in [0, 0.1) is 0 Å². The van der Waals surface area contributed by atoms with E-state index >= 15 is 0 Å². The lowest BCUT2D eigenvalue weighted by Crippen LogP contribution is -2.59. The van der Waals surface area contributed by atoms with Gasteiger partial charge in [-0.25, -0.2) is 0 Å². The van der Waals surface area contributed by atoms with Gasteiger partial charge >= 0.3 is 0 Å². The molecule has 1 atom stereocenters. The van der Waals surface area contributed by atoms with Gasteiger partial charge in [-0.3, -0.25) is 0 Å². The fourth-order valence-corrected chi connectivity index (χ4v) is 4.85. The summed E-state index contributed by atoms with van der Waals surface area (Å²) in [5, 5.41) is 10.7. The molecule has 0 aliphatic rings. The van der Waals surface area contributed by atoms with Gasteiger partial charge in [0.05, 0.1) is 13.3 Å². The second kappa shape index (κ2) is 5.64. The molecule has 0 saturated carbocycles. The highest BCUT2D eigenvalue weighted by atomic mass is 28.3. The average Bonchev–Trinajstić information content (AvgIpc) is 2.28. The van der Waals surface area contributed by atoms with Gasteiger partial charge < -0.3 is 5.11 Å². The van der Waals surface area contributed by atoms with Gasteiger partial charge in [0, 0.05) is 6.42 Å². The smallest absolute Gasteiger partial charge is 0.0957 e. The minimum Gasteiger partial charge on any atom is -0.389 e. The van der Waals surface area contributed by atoms with Crippen LogP contribution in [-0.4, -0.2) is 18.4 Å². The summed E-state index contributed by atoms with van der Waals surface area (Å²) in [7, 11) is -1.89. The van der Waals surface area contributed by atoms with Crippen molar-refractivity contribution in [2.45, 2.75) is 57.5 Å². The summed E-state index contributed by atoms with van der Waals surface area (Å²) in [5.74, 6) is 0. The minimum atomic E-state index is -1.89. The fraction of sp³-hybridized carbons (Fsp3) is 0.529. The Bertz CT molecular complexity index is 428. The van der Waals surface area contributed by atoms with Gasteiger partial charge in [0.1, 0.15) is 0 Å². The highest BCUT2D eigenvalue weighted by Crippen LogP contribution is 2.44. The normalized spacial score (nSPS) is 16.6. The van der Waals surface area contributed by atoms with Gasteiger partial charge in [0.25, 0.3) is 0 Å². The van der Waals surface area contributed by atoms with Crippen molar-refractivity contribution in [2.24, 2.45) is 0 Å². The molecule has 0 amide bonds. The zero-order valence-electron chi connectivity index (χ0n) is 13.2. The molecule has 2 heteroatoms. The predicted octanol–water partition coefficient (Wildman–Crippen LogP) is 4.58. The number of rotatable bonds is 4. The van der Waals surface area contributed by atoms with E-state index in [0.29, 0.717) is 6.42 Å². The van der Waals surface area contributed by atoms with Crippen LogP contribution in [0.25, 0.3) is 0 Å². The third-order valence-corrected chi connectivity index (χ3v) is 11.0. The second-order valence-electron chi connectivity index (χ2n) is 6.96. The van der Waals surface area contributed by atoms with Gasteiger partial charge in [-0.15, -0.1) is 0 Å². The molecule has 0 spiro atoms. The molecule has 0 aliphatic carbocycles.